The molecule has 132 valence electrons. The van der Waals surface area contributed by atoms with Crippen LogP contribution >= 0.6 is 12.4 Å². The van der Waals surface area contributed by atoms with Crippen molar-refractivity contribution < 1.29 is 4.79 Å². The maximum Gasteiger partial charge on any atom is 0.254 e. The number of benzene rings is 2. The highest BCUT2D eigenvalue weighted by molar-refractivity contribution is 5.95. The number of carbonyl (C=O) groups is 1. The quantitative estimate of drug-likeness (QED) is 0.829. The Labute approximate surface area is 156 Å². The molecule has 0 saturated carbocycles. The van der Waals surface area contributed by atoms with E-state index < -0.39 is 0 Å². The van der Waals surface area contributed by atoms with Crippen LogP contribution in [0.3, 0.4) is 0 Å². The monoisotopic (exact) mass is 356 g/mol. The second-order valence-corrected chi connectivity index (χ2v) is 6.22. The average Bonchev–Trinajstić information content (AvgIpc) is 2.63. The van der Waals surface area contributed by atoms with Crippen LogP contribution in [-0.4, -0.2) is 48.4 Å². The van der Waals surface area contributed by atoms with Crippen LogP contribution in [0.15, 0.2) is 60.7 Å². The highest BCUT2D eigenvalue weighted by Gasteiger charge is 2.22. The molecule has 0 aromatic heterocycles. The van der Waals surface area contributed by atoms with Gasteiger partial charge in [-0.05, 0) is 24.1 Å². The molecule has 1 amide bonds. The van der Waals surface area contributed by atoms with Crippen molar-refractivity contribution in [2.24, 2.45) is 0 Å². The van der Waals surface area contributed by atoms with Crippen molar-refractivity contribution in [3.63, 3.8) is 0 Å². The Kier molecular flexibility index (Phi) is 7.23. The minimum atomic E-state index is 0. The highest BCUT2D eigenvalue weighted by atomic mass is 35.5. The third kappa shape index (κ3) is 5.18. The fourth-order valence-electron chi connectivity index (χ4n) is 3.02. The molecule has 2 aromatic rings. The summed E-state index contributed by atoms with van der Waals surface area (Å²) in [4.78, 5) is 17.0. The van der Waals surface area contributed by atoms with Gasteiger partial charge < -0.3 is 4.90 Å². The molecule has 1 fully saturated rings. The van der Waals surface area contributed by atoms with E-state index in [4.69, 9.17) is 0 Å². The first kappa shape index (κ1) is 19.2. The van der Waals surface area contributed by atoms with Gasteiger partial charge in [0.2, 0.25) is 0 Å². The van der Waals surface area contributed by atoms with Crippen molar-refractivity contribution in [1.82, 2.24) is 9.80 Å². The van der Waals surface area contributed by atoms with E-state index in [9.17, 15) is 4.79 Å². The Hall–Kier alpha value is -2.10. The Morgan fingerprint density at radius 1 is 0.960 bits per heavy atom. The predicted octanol–water partition coefficient (Wildman–Crippen LogP) is 3.89. The maximum atomic E-state index is 12.6. The van der Waals surface area contributed by atoms with Crippen LogP contribution in [0, 0.1) is 6.92 Å². The maximum absolute atomic E-state index is 12.6. The molecule has 0 N–H and O–H groups in total. The molecule has 4 heteroatoms. The summed E-state index contributed by atoms with van der Waals surface area (Å²) in [6, 6.07) is 18.2. The van der Waals surface area contributed by atoms with Gasteiger partial charge in [0.05, 0.1) is 0 Å². The van der Waals surface area contributed by atoms with E-state index in [1.54, 1.807) is 0 Å². The van der Waals surface area contributed by atoms with Gasteiger partial charge in [-0.2, -0.15) is 0 Å². The van der Waals surface area contributed by atoms with Crippen molar-refractivity contribution in [2.75, 3.05) is 32.7 Å². The molecule has 1 aliphatic rings. The van der Waals surface area contributed by atoms with Crippen LogP contribution in [0.2, 0.25) is 0 Å². The Bertz CT molecular complexity index is 707. The molecule has 0 unspecified atom stereocenters. The summed E-state index contributed by atoms with van der Waals surface area (Å²) in [5.74, 6) is 0.160. The van der Waals surface area contributed by atoms with Crippen molar-refractivity contribution >= 4 is 24.4 Å². The van der Waals surface area contributed by atoms with Crippen molar-refractivity contribution in [3.05, 3.63) is 77.4 Å². The summed E-state index contributed by atoms with van der Waals surface area (Å²) in [5, 5.41) is 0. The van der Waals surface area contributed by atoms with Crippen molar-refractivity contribution in [2.45, 2.75) is 6.92 Å². The van der Waals surface area contributed by atoms with Gasteiger partial charge in [-0.3, -0.25) is 9.69 Å². The van der Waals surface area contributed by atoms with Gasteiger partial charge in [0.25, 0.3) is 5.91 Å². The summed E-state index contributed by atoms with van der Waals surface area (Å²) in [5.41, 5.74) is 3.11. The Balaban J connectivity index is 0.00000225. The average molecular weight is 357 g/mol. The van der Waals surface area contributed by atoms with E-state index in [-0.39, 0.29) is 18.3 Å². The van der Waals surface area contributed by atoms with Crippen LogP contribution < -0.4 is 0 Å². The number of carbonyl (C=O) groups excluding carboxylic acids is 1. The van der Waals surface area contributed by atoms with E-state index in [0.717, 1.165) is 43.9 Å². The molecule has 3 rings (SSSR count). The van der Waals surface area contributed by atoms with Gasteiger partial charge in [0.15, 0.2) is 0 Å². The molecular weight excluding hydrogens is 332 g/mol. The van der Waals surface area contributed by atoms with Crippen molar-refractivity contribution in [1.29, 1.82) is 0 Å². The number of aryl methyl sites for hydroxylation is 1. The summed E-state index contributed by atoms with van der Waals surface area (Å²) >= 11 is 0. The van der Waals surface area contributed by atoms with Gasteiger partial charge in [0.1, 0.15) is 0 Å². The lowest BCUT2D eigenvalue weighted by molar-refractivity contribution is 0.0649. The minimum Gasteiger partial charge on any atom is -0.336 e. The molecule has 0 bridgehead atoms. The molecule has 0 aliphatic carbocycles. The van der Waals surface area contributed by atoms with E-state index in [1.165, 1.54) is 5.56 Å². The summed E-state index contributed by atoms with van der Waals surface area (Å²) in [6.07, 6.45) is 4.36. The van der Waals surface area contributed by atoms with Crippen LogP contribution in [-0.2, 0) is 0 Å². The number of halogens is 1. The molecule has 2 aromatic carbocycles. The highest BCUT2D eigenvalue weighted by Crippen LogP contribution is 2.13. The summed E-state index contributed by atoms with van der Waals surface area (Å²) in [7, 11) is 0. The van der Waals surface area contributed by atoms with Gasteiger partial charge in [0, 0.05) is 38.3 Å². The van der Waals surface area contributed by atoms with Crippen LogP contribution in [0.25, 0.3) is 6.08 Å². The first-order valence-electron chi connectivity index (χ1n) is 8.53. The van der Waals surface area contributed by atoms with Gasteiger partial charge >= 0.3 is 0 Å². The molecule has 0 radical (unpaired) electrons. The lowest BCUT2D eigenvalue weighted by Crippen LogP contribution is -2.48. The summed E-state index contributed by atoms with van der Waals surface area (Å²) < 4.78 is 0. The lowest BCUT2D eigenvalue weighted by atomic mass is 10.1. The number of hydrogen-bond donors (Lipinski definition) is 0. The van der Waals surface area contributed by atoms with Crippen LogP contribution in [0.4, 0.5) is 0 Å². The lowest BCUT2D eigenvalue weighted by Gasteiger charge is -2.34. The van der Waals surface area contributed by atoms with Crippen LogP contribution in [0.5, 0.6) is 0 Å². The first-order valence-corrected chi connectivity index (χ1v) is 8.53. The minimum absolute atomic E-state index is 0. The number of rotatable bonds is 4. The second kappa shape index (κ2) is 9.40. The largest absolute Gasteiger partial charge is 0.336 e. The van der Waals surface area contributed by atoms with Gasteiger partial charge in [-0.15, -0.1) is 12.4 Å². The van der Waals surface area contributed by atoms with Gasteiger partial charge in [-0.25, -0.2) is 0 Å². The number of nitrogens with zero attached hydrogens (tertiary/aromatic N) is 2. The third-order valence-electron chi connectivity index (χ3n) is 4.51. The summed E-state index contributed by atoms with van der Waals surface area (Å²) in [6.45, 7) is 6.38. The second-order valence-electron chi connectivity index (χ2n) is 6.22. The predicted molar refractivity (Wildman–Crippen MR) is 106 cm³/mol. The van der Waals surface area contributed by atoms with E-state index in [1.807, 2.05) is 42.2 Å². The normalized spacial score (nSPS) is 15.2. The smallest absolute Gasteiger partial charge is 0.254 e. The zero-order valence-corrected chi connectivity index (χ0v) is 15.4. The van der Waals surface area contributed by atoms with Crippen LogP contribution in [0.1, 0.15) is 21.5 Å². The molecule has 1 heterocycles. The first-order chi connectivity index (χ1) is 11.7. The topological polar surface area (TPSA) is 23.6 Å². The number of hydrogen-bond acceptors (Lipinski definition) is 2. The molecule has 0 spiro atoms. The standard InChI is InChI=1S/C21H24N2O.ClH/c1-18-8-5-6-12-20(18)21(24)23-16-14-22(15-17-23)13-7-11-19-9-3-2-4-10-19;/h2-12H,13-17H2,1H3;1H/b11-7+;. The molecule has 0 atom stereocenters. The SMILES string of the molecule is Cc1ccccc1C(=O)N1CCN(C/C=C/c2ccccc2)CC1.Cl. The molecular formula is C21H25ClN2O. The third-order valence-corrected chi connectivity index (χ3v) is 4.51. The Morgan fingerprint density at radius 2 is 1.60 bits per heavy atom. The zero-order chi connectivity index (χ0) is 16.8. The number of piperazine rings is 1. The van der Waals surface area contributed by atoms with Gasteiger partial charge in [-0.1, -0.05) is 60.7 Å². The molecule has 1 aliphatic heterocycles. The van der Waals surface area contributed by atoms with Crippen molar-refractivity contribution in [3.8, 4) is 0 Å². The molecule has 25 heavy (non-hydrogen) atoms. The van der Waals surface area contributed by atoms with E-state index in [0.29, 0.717) is 0 Å². The number of amides is 1. The molecule has 1 saturated heterocycles. The van der Waals surface area contributed by atoms with E-state index in [2.05, 4.69) is 41.3 Å². The Morgan fingerprint density at radius 3 is 2.28 bits per heavy atom. The zero-order valence-electron chi connectivity index (χ0n) is 14.6. The molecule has 3 nitrogen and oxygen atoms in total. The fraction of sp³-hybridized carbons (Fsp3) is 0.286. The fourth-order valence-corrected chi connectivity index (χ4v) is 3.02. The van der Waals surface area contributed by atoms with E-state index >= 15 is 0 Å².